The molecule has 0 aliphatic rings. The Kier molecular flexibility index (Phi) is 5.23. The monoisotopic (exact) mass is 400 g/mol. The van der Waals surface area contributed by atoms with Crippen LogP contribution in [-0.2, 0) is 4.79 Å². The Morgan fingerprint density at radius 2 is 1.73 bits per heavy atom. The number of nitrogens with zero attached hydrogens (tertiary/aromatic N) is 3. The molecule has 0 fully saturated rings. The molecule has 2 heterocycles. The summed E-state index contributed by atoms with van der Waals surface area (Å²) in [6.07, 6.45) is -0.704. The van der Waals surface area contributed by atoms with Crippen molar-refractivity contribution in [2.45, 2.75) is 33.8 Å². The normalized spacial score (nSPS) is 12.0. The smallest absolute Gasteiger partial charge is 0.265 e. The molecule has 6 nitrogen and oxygen atoms in total. The van der Waals surface area contributed by atoms with E-state index in [4.69, 9.17) is 4.74 Å². The Balaban J connectivity index is 1.61. The number of rotatable bonds is 5. The summed E-state index contributed by atoms with van der Waals surface area (Å²) in [5.41, 5.74) is 5.40. The molecular formula is C24H24N4O2. The van der Waals surface area contributed by atoms with E-state index in [0.717, 1.165) is 33.6 Å². The first kappa shape index (κ1) is 19.6. The summed E-state index contributed by atoms with van der Waals surface area (Å²) in [5.74, 6) is 0.162. The van der Waals surface area contributed by atoms with Crippen LogP contribution in [0.25, 0.3) is 16.7 Å². The number of fused-ring (bicyclic) bond motifs is 1. The van der Waals surface area contributed by atoms with Gasteiger partial charge in [-0.25, -0.2) is 4.68 Å². The fourth-order valence-corrected chi connectivity index (χ4v) is 3.40. The van der Waals surface area contributed by atoms with Crippen molar-refractivity contribution in [2.75, 3.05) is 5.32 Å². The Morgan fingerprint density at radius 3 is 2.43 bits per heavy atom. The Bertz CT molecular complexity index is 1200. The zero-order chi connectivity index (χ0) is 21.3. The van der Waals surface area contributed by atoms with Crippen LogP contribution in [-0.4, -0.2) is 26.8 Å². The van der Waals surface area contributed by atoms with Crippen LogP contribution in [0.1, 0.15) is 23.7 Å². The van der Waals surface area contributed by atoms with Gasteiger partial charge in [0.1, 0.15) is 0 Å². The van der Waals surface area contributed by atoms with E-state index in [1.54, 1.807) is 6.92 Å². The molecule has 0 aliphatic carbocycles. The van der Waals surface area contributed by atoms with Crippen molar-refractivity contribution in [3.63, 3.8) is 0 Å². The lowest BCUT2D eigenvalue weighted by Crippen LogP contribution is -2.30. The van der Waals surface area contributed by atoms with Gasteiger partial charge in [-0.2, -0.15) is 10.1 Å². The van der Waals surface area contributed by atoms with Crippen molar-refractivity contribution in [1.29, 1.82) is 0 Å². The average molecular weight is 400 g/mol. The summed E-state index contributed by atoms with van der Waals surface area (Å²) >= 11 is 0. The lowest BCUT2D eigenvalue weighted by molar-refractivity contribution is -0.122. The molecule has 1 unspecified atom stereocenters. The van der Waals surface area contributed by atoms with Crippen LogP contribution in [0.3, 0.4) is 0 Å². The van der Waals surface area contributed by atoms with Gasteiger partial charge in [-0.3, -0.25) is 4.79 Å². The highest BCUT2D eigenvalue weighted by molar-refractivity contribution is 5.94. The zero-order valence-corrected chi connectivity index (χ0v) is 17.5. The third-order valence-corrected chi connectivity index (χ3v) is 4.97. The highest BCUT2D eigenvalue weighted by Crippen LogP contribution is 2.27. The van der Waals surface area contributed by atoms with Gasteiger partial charge < -0.3 is 10.1 Å². The zero-order valence-electron chi connectivity index (χ0n) is 17.5. The fraction of sp³-hybridized carbons (Fsp3) is 0.208. The maximum absolute atomic E-state index is 12.6. The SMILES string of the molecule is Cc1ccc(NC(=O)C(C)Oc2cc(C)c3c(C)nn(-c4ccccc4)c3n2)cc1. The number of carbonyl (C=O) groups is 1. The summed E-state index contributed by atoms with van der Waals surface area (Å²) in [4.78, 5) is 17.2. The molecule has 4 rings (SSSR count). The van der Waals surface area contributed by atoms with Gasteiger partial charge in [0.05, 0.1) is 11.4 Å². The minimum absolute atomic E-state index is 0.230. The Morgan fingerprint density at radius 1 is 1.03 bits per heavy atom. The molecule has 2 aromatic carbocycles. The number of nitrogens with one attached hydrogen (secondary N) is 1. The van der Waals surface area contributed by atoms with E-state index in [-0.39, 0.29) is 5.91 Å². The van der Waals surface area contributed by atoms with Gasteiger partial charge in [0.25, 0.3) is 5.91 Å². The van der Waals surface area contributed by atoms with Crippen molar-refractivity contribution in [3.8, 4) is 11.6 Å². The Labute approximate surface area is 175 Å². The molecular weight excluding hydrogens is 376 g/mol. The van der Waals surface area contributed by atoms with E-state index in [0.29, 0.717) is 11.5 Å². The molecule has 0 aliphatic heterocycles. The number of anilines is 1. The molecule has 152 valence electrons. The number of ether oxygens (including phenoxy) is 1. The second-order valence-corrected chi connectivity index (χ2v) is 7.42. The van der Waals surface area contributed by atoms with Crippen LogP contribution in [0.4, 0.5) is 5.69 Å². The first-order chi connectivity index (χ1) is 14.4. The summed E-state index contributed by atoms with van der Waals surface area (Å²) < 4.78 is 7.70. The number of carbonyl (C=O) groups excluding carboxylic acids is 1. The molecule has 0 bridgehead atoms. The molecule has 1 atom stereocenters. The van der Waals surface area contributed by atoms with Crippen LogP contribution >= 0.6 is 0 Å². The fourth-order valence-electron chi connectivity index (χ4n) is 3.40. The van der Waals surface area contributed by atoms with Crippen LogP contribution in [0.5, 0.6) is 5.88 Å². The number of hydrogen-bond acceptors (Lipinski definition) is 4. The second-order valence-electron chi connectivity index (χ2n) is 7.42. The molecule has 2 aromatic heterocycles. The third-order valence-electron chi connectivity index (χ3n) is 4.97. The molecule has 30 heavy (non-hydrogen) atoms. The number of para-hydroxylation sites is 1. The van der Waals surface area contributed by atoms with Gasteiger partial charge in [0, 0.05) is 17.1 Å². The molecule has 0 spiro atoms. The van der Waals surface area contributed by atoms with Crippen LogP contribution < -0.4 is 10.1 Å². The molecule has 1 N–H and O–H groups in total. The van der Waals surface area contributed by atoms with E-state index in [1.165, 1.54) is 0 Å². The second kappa shape index (κ2) is 7.99. The lowest BCUT2D eigenvalue weighted by Gasteiger charge is -2.15. The number of aryl methyl sites for hydroxylation is 3. The van der Waals surface area contributed by atoms with Gasteiger partial charge in [-0.05, 0) is 57.5 Å². The van der Waals surface area contributed by atoms with Crippen molar-refractivity contribution in [1.82, 2.24) is 14.8 Å². The van der Waals surface area contributed by atoms with E-state index in [9.17, 15) is 4.79 Å². The minimum Gasteiger partial charge on any atom is -0.464 e. The van der Waals surface area contributed by atoms with E-state index in [2.05, 4.69) is 15.4 Å². The summed E-state index contributed by atoms with van der Waals surface area (Å²) in [6.45, 7) is 7.68. The topological polar surface area (TPSA) is 69.0 Å². The molecule has 0 saturated carbocycles. The first-order valence-electron chi connectivity index (χ1n) is 9.89. The summed E-state index contributed by atoms with van der Waals surface area (Å²) in [5, 5.41) is 8.52. The third kappa shape index (κ3) is 3.89. The number of aromatic nitrogens is 3. The average Bonchev–Trinajstić information content (AvgIpc) is 3.07. The summed E-state index contributed by atoms with van der Waals surface area (Å²) in [7, 11) is 0. The molecule has 0 saturated heterocycles. The maximum Gasteiger partial charge on any atom is 0.265 e. The summed E-state index contributed by atoms with van der Waals surface area (Å²) in [6, 6.07) is 19.3. The Hall–Kier alpha value is -3.67. The van der Waals surface area contributed by atoms with Gasteiger partial charge >= 0.3 is 0 Å². The van der Waals surface area contributed by atoms with Gasteiger partial charge in [-0.15, -0.1) is 0 Å². The number of pyridine rings is 1. The quantitative estimate of drug-likeness (QED) is 0.525. The van der Waals surface area contributed by atoms with Crippen LogP contribution in [0.2, 0.25) is 0 Å². The lowest BCUT2D eigenvalue weighted by atomic mass is 10.1. The van der Waals surface area contributed by atoms with E-state index < -0.39 is 6.10 Å². The number of amides is 1. The maximum atomic E-state index is 12.6. The van der Waals surface area contributed by atoms with Gasteiger partial charge in [0.15, 0.2) is 11.8 Å². The van der Waals surface area contributed by atoms with Crippen LogP contribution in [0, 0.1) is 20.8 Å². The molecule has 4 aromatic rings. The van der Waals surface area contributed by atoms with Crippen molar-refractivity contribution in [3.05, 3.63) is 77.5 Å². The van der Waals surface area contributed by atoms with Crippen molar-refractivity contribution < 1.29 is 9.53 Å². The molecule has 1 amide bonds. The van der Waals surface area contributed by atoms with Gasteiger partial charge in [0.2, 0.25) is 5.88 Å². The van der Waals surface area contributed by atoms with E-state index >= 15 is 0 Å². The van der Waals surface area contributed by atoms with Crippen LogP contribution in [0.15, 0.2) is 60.7 Å². The van der Waals surface area contributed by atoms with Crippen molar-refractivity contribution >= 4 is 22.6 Å². The minimum atomic E-state index is -0.704. The number of hydrogen-bond donors (Lipinski definition) is 1. The highest BCUT2D eigenvalue weighted by Gasteiger charge is 2.19. The predicted octanol–water partition coefficient (Wildman–Crippen LogP) is 4.75. The largest absolute Gasteiger partial charge is 0.464 e. The van der Waals surface area contributed by atoms with Gasteiger partial charge in [-0.1, -0.05) is 35.9 Å². The van der Waals surface area contributed by atoms with E-state index in [1.807, 2.05) is 86.1 Å². The number of benzene rings is 2. The highest BCUT2D eigenvalue weighted by atomic mass is 16.5. The first-order valence-corrected chi connectivity index (χ1v) is 9.89. The van der Waals surface area contributed by atoms with Crippen molar-refractivity contribution in [2.24, 2.45) is 0 Å². The predicted molar refractivity (Wildman–Crippen MR) is 118 cm³/mol. The molecule has 6 heteroatoms. The molecule has 0 radical (unpaired) electrons. The standard InChI is InChI=1S/C24H24N4O2/c1-15-10-12-19(13-11-15)25-24(29)18(4)30-21-14-16(2)22-17(3)27-28(23(22)26-21)20-8-6-5-7-9-20/h5-14,18H,1-4H3,(H,25,29).